The summed E-state index contributed by atoms with van der Waals surface area (Å²) in [6.07, 6.45) is 1.20. The lowest BCUT2D eigenvalue weighted by Gasteiger charge is -2.09. The molecule has 1 heterocycles. The molecule has 0 aliphatic rings. The van der Waals surface area contributed by atoms with E-state index < -0.39 is 5.91 Å². The summed E-state index contributed by atoms with van der Waals surface area (Å²) in [6.45, 7) is 2.34. The van der Waals surface area contributed by atoms with E-state index in [1.165, 1.54) is 12.4 Å². The van der Waals surface area contributed by atoms with E-state index in [-0.39, 0.29) is 16.0 Å². The van der Waals surface area contributed by atoms with Gasteiger partial charge in [0, 0.05) is 5.56 Å². The number of carbonyl (C=O) groups excluding carboxylic acids is 1. The van der Waals surface area contributed by atoms with Crippen molar-refractivity contribution in [3.8, 4) is 5.75 Å². The first kappa shape index (κ1) is 15.3. The molecule has 2 aromatic rings. The lowest BCUT2D eigenvalue weighted by atomic mass is 10.1. The number of nitrogens with zero attached hydrogens (tertiary/aromatic N) is 2. The second-order valence-electron chi connectivity index (χ2n) is 3.97. The number of halogens is 2. The molecule has 0 aliphatic carbocycles. The number of aromatic nitrogens is 2. The monoisotopic (exact) mass is 326 g/mol. The van der Waals surface area contributed by atoms with Gasteiger partial charge in [-0.05, 0) is 25.1 Å². The standard InChI is InChI=1S/C13H12Cl2N4O2/c1-2-21-9-4-3-7(5-8(9)16)13(20)19-12-10(14)11(15)17-6-18-12/h3-6H,2,16H2,1H3,(H,17,18,19,20). The number of nitrogens with one attached hydrogen (secondary N) is 1. The molecule has 2 rings (SSSR count). The van der Waals surface area contributed by atoms with Crippen LogP contribution in [0.4, 0.5) is 11.5 Å². The average Bonchev–Trinajstić information content (AvgIpc) is 2.46. The predicted molar refractivity (Wildman–Crippen MR) is 82.0 cm³/mol. The van der Waals surface area contributed by atoms with E-state index in [0.717, 1.165) is 0 Å². The van der Waals surface area contributed by atoms with Gasteiger partial charge in [-0.3, -0.25) is 4.79 Å². The van der Waals surface area contributed by atoms with Crippen molar-refractivity contribution in [1.82, 2.24) is 9.97 Å². The summed E-state index contributed by atoms with van der Waals surface area (Å²) < 4.78 is 5.31. The summed E-state index contributed by atoms with van der Waals surface area (Å²) in [5.41, 5.74) is 6.54. The fraction of sp³-hybridized carbons (Fsp3) is 0.154. The van der Waals surface area contributed by atoms with Gasteiger partial charge in [0.05, 0.1) is 12.3 Å². The fourth-order valence-electron chi connectivity index (χ4n) is 1.59. The van der Waals surface area contributed by atoms with Crippen molar-refractivity contribution in [2.24, 2.45) is 0 Å². The Balaban J connectivity index is 2.21. The highest BCUT2D eigenvalue weighted by molar-refractivity contribution is 6.43. The number of hydrogen-bond donors (Lipinski definition) is 2. The van der Waals surface area contributed by atoms with E-state index in [4.69, 9.17) is 33.7 Å². The van der Waals surface area contributed by atoms with Crippen LogP contribution >= 0.6 is 23.2 Å². The van der Waals surface area contributed by atoms with Gasteiger partial charge >= 0.3 is 0 Å². The first-order valence-electron chi connectivity index (χ1n) is 6.02. The van der Waals surface area contributed by atoms with E-state index in [0.29, 0.717) is 23.6 Å². The number of ether oxygens (including phenoxy) is 1. The van der Waals surface area contributed by atoms with Gasteiger partial charge < -0.3 is 15.8 Å². The van der Waals surface area contributed by atoms with Crippen LogP contribution in [0, 0.1) is 0 Å². The van der Waals surface area contributed by atoms with Gasteiger partial charge in [-0.25, -0.2) is 9.97 Å². The van der Waals surface area contributed by atoms with Crippen molar-refractivity contribution < 1.29 is 9.53 Å². The molecule has 1 amide bonds. The van der Waals surface area contributed by atoms with Crippen LogP contribution in [0.3, 0.4) is 0 Å². The molecule has 0 saturated carbocycles. The second-order valence-corrected chi connectivity index (χ2v) is 4.70. The zero-order chi connectivity index (χ0) is 15.4. The second kappa shape index (κ2) is 6.60. The summed E-state index contributed by atoms with van der Waals surface area (Å²) in [5, 5.41) is 2.68. The van der Waals surface area contributed by atoms with Crippen LogP contribution in [0.25, 0.3) is 0 Å². The molecule has 21 heavy (non-hydrogen) atoms. The molecule has 0 unspecified atom stereocenters. The minimum atomic E-state index is -0.415. The number of nitrogens with two attached hydrogens (primary N) is 1. The van der Waals surface area contributed by atoms with Crippen molar-refractivity contribution in [3.63, 3.8) is 0 Å². The molecular weight excluding hydrogens is 315 g/mol. The largest absolute Gasteiger partial charge is 0.492 e. The van der Waals surface area contributed by atoms with Gasteiger partial charge in [-0.15, -0.1) is 0 Å². The maximum Gasteiger partial charge on any atom is 0.256 e. The molecule has 0 radical (unpaired) electrons. The normalized spacial score (nSPS) is 10.2. The van der Waals surface area contributed by atoms with Crippen LogP contribution < -0.4 is 15.8 Å². The first-order chi connectivity index (χ1) is 10.0. The third kappa shape index (κ3) is 3.53. The van der Waals surface area contributed by atoms with Crippen LogP contribution in [-0.2, 0) is 0 Å². The van der Waals surface area contributed by atoms with Gasteiger partial charge in [-0.1, -0.05) is 23.2 Å². The van der Waals surface area contributed by atoms with Crippen molar-refractivity contribution in [3.05, 3.63) is 40.3 Å². The lowest BCUT2D eigenvalue weighted by Crippen LogP contribution is -2.14. The number of hydrogen-bond acceptors (Lipinski definition) is 5. The van der Waals surface area contributed by atoms with Crippen molar-refractivity contribution in [1.29, 1.82) is 0 Å². The quantitative estimate of drug-likeness (QED) is 0.665. The maximum absolute atomic E-state index is 12.1. The summed E-state index contributed by atoms with van der Waals surface area (Å²) in [4.78, 5) is 19.7. The average molecular weight is 327 g/mol. The van der Waals surface area contributed by atoms with E-state index >= 15 is 0 Å². The van der Waals surface area contributed by atoms with Crippen LogP contribution in [0.15, 0.2) is 24.5 Å². The third-order valence-corrected chi connectivity index (χ3v) is 3.29. The molecule has 1 aromatic carbocycles. The number of anilines is 2. The van der Waals surface area contributed by atoms with Gasteiger partial charge in [-0.2, -0.15) is 0 Å². The van der Waals surface area contributed by atoms with E-state index in [1.54, 1.807) is 12.1 Å². The summed E-state index contributed by atoms with van der Waals surface area (Å²) in [5.74, 6) is 0.243. The van der Waals surface area contributed by atoms with E-state index in [2.05, 4.69) is 15.3 Å². The van der Waals surface area contributed by atoms with E-state index in [1.807, 2.05) is 6.92 Å². The smallest absolute Gasteiger partial charge is 0.256 e. The van der Waals surface area contributed by atoms with Crippen LogP contribution in [-0.4, -0.2) is 22.5 Å². The number of nitrogen functional groups attached to an aromatic ring is 1. The molecule has 110 valence electrons. The highest BCUT2D eigenvalue weighted by atomic mass is 35.5. The minimum absolute atomic E-state index is 0.0631. The zero-order valence-electron chi connectivity index (χ0n) is 11.1. The molecule has 6 nitrogen and oxygen atoms in total. The molecule has 0 atom stereocenters. The fourth-order valence-corrected chi connectivity index (χ4v) is 1.87. The number of carbonyl (C=O) groups is 1. The Morgan fingerprint density at radius 1 is 1.38 bits per heavy atom. The highest BCUT2D eigenvalue weighted by Crippen LogP contribution is 2.27. The predicted octanol–water partition coefficient (Wildman–Crippen LogP) is 3.02. The molecule has 0 saturated heterocycles. The molecule has 0 spiro atoms. The number of rotatable bonds is 4. The summed E-state index contributed by atoms with van der Waals surface area (Å²) >= 11 is 11.7. The van der Waals surface area contributed by atoms with E-state index in [9.17, 15) is 4.79 Å². The Morgan fingerprint density at radius 3 is 2.81 bits per heavy atom. The Hall–Kier alpha value is -2.05. The molecule has 3 N–H and O–H groups in total. The Kier molecular flexibility index (Phi) is 4.82. The molecule has 0 aliphatic heterocycles. The highest BCUT2D eigenvalue weighted by Gasteiger charge is 2.13. The SMILES string of the molecule is CCOc1ccc(C(=O)Nc2ncnc(Cl)c2Cl)cc1N. The van der Waals surface area contributed by atoms with Gasteiger partial charge in [0.15, 0.2) is 11.0 Å². The van der Waals surface area contributed by atoms with Gasteiger partial charge in [0.2, 0.25) is 0 Å². The van der Waals surface area contributed by atoms with Crippen molar-refractivity contribution >= 4 is 40.6 Å². The first-order valence-corrected chi connectivity index (χ1v) is 6.78. The molecule has 0 fully saturated rings. The molecule has 0 bridgehead atoms. The molecular formula is C13H12Cl2N4O2. The van der Waals surface area contributed by atoms with Crippen LogP contribution in [0.2, 0.25) is 10.2 Å². The van der Waals surface area contributed by atoms with Gasteiger partial charge in [0.25, 0.3) is 5.91 Å². The number of amides is 1. The van der Waals surface area contributed by atoms with Crippen molar-refractivity contribution in [2.45, 2.75) is 6.92 Å². The lowest BCUT2D eigenvalue weighted by molar-refractivity contribution is 0.102. The van der Waals surface area contributed by atoms with Crippen molar-refractivity contribution in [2.75, 3.05) is 17.7 Å². The summed E-state index contributed by atoms with van der Waals surface area (Å²) in [7, 11) is 0. The summed E-state index contributed by atoms with van der Waals surface area (Å²) in [6, 6.07) is 4.73. The van der Waals surface area contributed by atoms with Gasteiger partial charge in [0.1, 0.15) is 17.1 Å². The Morgan fingerprint density at radius 2 is 2.14 bits per heavy atom. The van der Waals surface area contributed by atoms with Crippen LogP contribution in [0.1, 0.15) is 17.3 Å². The maximum atomic E-state index is 12.1. The zero-order valence-corrected chi connectivity index (χ0v) is 12.6. The third-order valence-electron chi connectivity index (χ3n) is 2.55. The van der Waals surface area contributed by atoms with Crippen LogP contribution in [0.5, 0.6) is 5.75 Å². The topological polar surface area (TPSA) is 90.1 Å². The Labute approximate surface area is 131 Å². The number of benzene rings is 1. The molecule has 1 aromatic heterocycles. The molecule has 8 heteroatoms. The minimum Gasteiger partial charge on any atom is -0.492 e. The Bertz CT molecular complexity index is 679.